The topological polar surface area (TPSA) is 75.0 Å². The van der Waals surface area contributed by atoms with Crippen LogP contribution in [-0.4, -0.2) is 21.7 Å². The third-order valence-corrected chi connectivity index (χ3v) is 5.48. The number of aryl methyl sites for hydroxylation is 1. The van der Waals surface area contributed by atoms with Crippen LogP contribution in [0.5, 0.6) is 5.75 Å². The van der Waals surface area contributed by atoms with Crippen LogP contribution >= 0.6 is 0 Å². The standard InChI is InChI=1S/C23H18FN3O3/c1-13-21(28)18-15(11-25-13)12-30-22(18)19-20(14-5-3-2-4-6-14)26-27(23(19)29)17-9-7-16(24)8-10-17/h2-11,19,22,28H,12H2,1H3/t19-,22+/m0/s1. The molecule has 1 aromatic heterocycles. The maximum atomic E-state index is 13.5. The number of amides is 1. The predicted molar refractivity (Wildman–Crippen MR) is 109 cm³/mol. The molecule has 6 nitrogen and oxygen atoms in total. The van der Waals surface area contributed by atoms with Crippen molar-refractivity contribution in [2.45, 2.75) is 19.6 Å². The number of aromatic nitrogens is 1. The number of hydrogen-bond acceptors (Lipinski definition) is 5. The summed E-state index contributed by atoms with van der Waals surface area (Å²) in [7, 11) is 0. The van der Waals surface area contributed by atoms with Crippen LogP contribution in [0.15, 0.2) is 65.9 Å². The second kappa shape index (κ2) is 7.03. The van der Waals surface area contributed by atoms with E-state index < -0.39 is 17.8 Å². The minimum absolute atomic E-state index is 0.0374. The summed E-state index contributed by atoms with van der Waals surface area (Å²) in [5.41, 5.74) is 3.59. The highest BCUT2D eigenvalue weighted by Crippen LogP contribution is 2.45. The van der Waals surface area contributed by atoms with E-state index in [1.165, 1.54) is 29.3 Å². The van der Waals surface area contributed by atoms with Crippen LogP contribution in [0.25, 0.3) is 0 Å². The van der Waals surface area contributed by atoms with Crippen molar-refractivity contribution in [2.75, 3.05) is 5.01 Å². The molecule has 2 aromatic carbocycles. The fourth-order valence-electron chi connectivity index (χ4n) is 3.96. The molecule has 2 aliphatic heterocycles. The van der Waals surface area contributed by atoms with Gasteiger partial charge in [0, 0.05) is 17.3 Å². The summed E-state index contributed by atoms with van der Waals surface area (Å²) in [5, 5.41) is 16.5. The minimum Gasteiger partial charge on any atom is -0.506 e. The van der Waals surface area contributed by atoms with E-state index in [0.29, 0.717) is 22.7 Å². The predicted octanol–water partition coefficient (Wildman–Crippen LogP) is 3.87. The molecule has 7 heteroatoms. The molecule has 3 heterocycles. The molecule has 3 aromatic rings. The van der Waals surface area contributed by atoms with Gasteiger partial charge < -0.3 is 9.84 Å². The van der Waals surface area contributed by atoms with Gasteiger partial charge in [0.05, 0.1) is 23.7 Å². The van der Waals surface area contributed by atoms with E-state index in [1.54, 1.807) is 13.1 Å². The Balaban J connectivity index is 1.63. The maximum Gasteiger partial charge on any atom is 0.259 e. The number of nitrogens with zero attached hydrogens (tertiary/aromatic N) is 3. The number of anilines is 1. The van der Waals surface area contributed by atoms with Crippen LogP contribution < -0.4 is 5.01 Å². The fraction of sp³-hybridized carbons (Fsp3) is 0.174. The Morgan fingerprint density at radius 3 is 2.60 bits per heavy atom. The molecule has 2 atom stereocenters. The molecule has 0 radical (unpaired) electrons. The van der Waals surface area contributed by atoms with Gasteiger partial charge in [-0.1, -0.05) is 30.3 Å². The second-order valence-corrected chi connectivity index (χ2v) is 7.32. The molecule has 0 spiro atoms. The van der Waals surface area contributed by atoms with E-state index in [9.17, 15) is 14.3 Å². The van der Waals surface area contributed by atoms with Crippen molar-refractivity contribution >= 4 is 17.3 Å². The van der Waals surface area contributed by atoms with Crippen molar-refractivity contribution in [3.8, 4) is 5.75 Å². The van der Waals surface area contributed by atoms with Crippen molar-refractivity contribution in [3.63, 3.8) is 0 Å². The van der Waals surface area contributed by atoms with Crippen molar-refractivity contribution in [3.05, 3.63) is 89.0 Å². The number of carbonyl (C=O) groups excluding carboxylic acids is 1. The Morgan fingerprint density at radius 1 is 1.13 bits per heavy atom. The van der Waals surface area contributed by atoms with Gasteiger partial charge >= 0.3 is 0 Å². The average Bonchev–Trinajstić information content (AvgIpc) is 3.33. The number of carbonyl (C=O) groups is 1. The summed E-state index contributed by atoms with van der Waals surface area (Å²) in [6.07, 6.45) is 0.972. The van der Waals surface area contributed by atoms with Crippen LogP contribution in [0.4, 0.5) is 10.1 Å². The summed E-state index contributed by atoms with van der Waals surface area (Å²) < 4.78 is 19.4. The number of pyridine rings is 1. The van der Waals surface area contributed by atoms with E-state index in [1.807, 2.05) is 30.3 Å². The molecule has 2 aliphatic rings. The lowest BCUT2D eigenvalue weighted by Crippen LogP contribution is -2.32. The molecule has 0 unspecified atom stereocenters. The van der Waals surface area contributed by atoms with Gasteiger partial charge in [0.15, 0.2) is 0 Å². The van der Waals surface area contributed by atoms with E-state index in [-0.39, 0.29) is 18.3 Å². The number of hydrogen-bond donors (Lipinski definition) is 1. The quantitative estimate of drug-likeness (QED) is 0.720. The first-order chi connectivity index (χ1) is 14.5. The smallest absolute Gasteiger partial charge is 0.259 e. The summed E-state index contributed by atoms with van der Waals surface area (Å²) in [6, 6.07) is 15.0. The first-order valence-electron chi connectivity index (χ1n) is 9.57. The number of fused-ring (bicyclic) bond motifs is 1. The highest BCUT2D eigenvalue weighted by Gasteiger charge is 2.47. The lowest BCUT2D eigenvalue weighted by molar-refractivity contribution is -0.123. The van der Waals surface area contributed by atoms with Gasteiger partial charge in [-0.2, -0.15) is 10.1 Å². The second-order valence-electron chi connectivity index (χ2n) is 7.32. The molecule has 5 rings (SSSR count). The lowest BCUT2D eigenvalue weighted by atomic mass is 9.87. The Labute approximate surface area is 172 Å². The SMILES string of the molecule is Cc1ncc2c(c1O)[C@H]([C@H]1C(=O)N(c3ccc(F)cc3)N=C1c1ccccc1)OC2. The van der Waals surface area contributed by atoms with Gasteiger partial charge in [-0.25, -0.2) is 4.39 Å². The van der Waals surface area contributed by atoms with Crippen molar-refractivity contribution < 1.29 is 19.0 Å². The van der Waals surface area contributed by atoms with Gasteiger partial charge in [-0.3, -0.25) is 9.78 Å². The molecular weight excluding hydrogens is 385 g/mol. The van der Waals surface area contributed by atoms with Crippen molar-refractivity contribution in [1.29, 1.82) is 0 Å². The monoisotopic (exact) mass is 403 g/mol. The van der Waals surface area contributed by atoms with E-state index in [4.69, 9.17) is 4.74 Å². The Hall–Kier alpha value is -3.58. The zero-order chi connectivity index (χ0) is 20.8. The fourth-order valence-corrected chi connectivity index (χ4v) is 3.96. The van der Waals surface area contributed by atoms with Gasteiger partial charge in [-0.15, -0.1) is 0 Å². The van der Waals surface area contributed by atoms with E-state index in [2.05, 4.69) is 10.1 Å². The maximum absolute atomic E-state index is 13.5. The molecule has 0 aliphatic carbocycles. The van der Waals surface area contributed by atoms with Crippen LogP contribution in [0.1, 0.15) is 28.5 Å². The molecule has 0 fully saturated rings. The molecule has 150 valence electrons. The number of rotatable bonds is 3. The Kier molecular flexibility index (Phi) is 4.33. The van der Waals surface area contributed by atoms with Crippen LogP contribution in [-0.2, 0) is 16.1 Å². The summed E-state index contributed by atoms with van der Waals surface area (Å²) in [4.78, 5) is 17.7. The number of aromatic hydroxyl groups is 1. The first-order valence-corrected chi connectivity index (χ1v) is 9.57. The average molecular weight is 403 g/mol. The Bertz CT molecular complexity index is 1160. The number of hydrazone groups is 1. The summed E-state index contributed by atoms with van der Waals surface area (Å²) in [5.74, 6) is -1.41. The summed E-state index contributed by atoms with van der Waals surface area (Å²) in [6.45, 7) is 1.96. The number of halogens is 1. The highest BCUT2D eigenvalue weighted by molar-refractivity contribution is 6.22. The molecule has 0 bridgehead atoms. The number of benzene rings is 2. The van der Waals surface area contributed by atoms with Gasteiger partial charge in [0.25, 0.3) is 5.91 Å². The van der Waals surface area contributed by atoms with Crippen LogP contribution in [0.2, 0.25) is 0 Å². The molecule has 0 saturated heterocycles. The molecule has 30 heavy (non-hydrogen) atoms. The van der Waals surface area contributed by atoms with E-state index in [0.717, 1.165) is 11.1 Å². The van der Waals surface area contributed by atoms with E-state index >= 15 is 0 Å². The van der Waals surface area contributed by atoms with Crippen LogP contribution in [0, 0.1) is 18.7 Å². The minimum atomic E-state index is -0.758. The molecular formula is C23H18FN3O3. The lowest BCUT2D eigenvalue weighted by Gasteiger charge is -2.21. The Morgan fingerprint density at radius 2 is 1.87 bits per heavy atom. The molecule has 1 N–H and O–H groups in total. The van der Waals surface area contributed by atoms with Gasteiger partial charge in [0.2, 0.25) is 0 Å². The van der Waals surface area contributed by atoms with Crippen LogP contribution in [0.3, 0.4) is 0 Å². The van der Waals surface area contributed by atoms with Crippen molar-refractivity contribution in [1.82, 2.24) is 4.98 Å². The zero-order valence-electron chi connectivity index (χ0n) is 16.1. The van der Waals surface area contributed by atoms with Gasteiger partial charge in [-0.05, 0) is 36.8 Å². The molecule has 0 saturated carbocycles. The molecule has 1 amide bonds. The number of ether oxygens (including phenoxy) is 1. The third kappa shape index (κ3) is 2.86. The first kappa shape index (κ1) is 18.4. The largest absolute Gasteiger partial charge is 0.506 e. The zero-order valence-corrected chi connectivity index (χ0v) is 16.1. The summed E-state index contributed by atoms with van der Waals surface area (Å²) >= 11 is 0. The third-order valence-electron chi connectivity index (χ3n) is 5.48. The highest BCUT2D eigenvalue weighted by atomic mass is 19.1. The normalized spacial score (nSPS) is 20.4. The van der Waals surface area contributed by atoms with Gasteiger partial charge in [0.1, 0.15) is 23.6 Å². The van der Waals surface area contributed by atoms with Crippen molar-refractivity contribution in [2.24, 2.45) is 11.0 Å².